The zero-order valence-electron chi connectivity index (χ0n) is 21.1. The highest BCUT2D eigenvalue weighted by atomic mass is 19.1. The lowest BCUT2D eigenvalue weighted by atomic mass is 9.71. The minimum Gasteiger partial charge on any atom is -0.377 e. The maximum absolute atomic E-state index is 15.4. The molecule has 39 heavy (non-hydrogen) atoms. The molecule has 5 rings (SSSR count). The molecule has 0 aliphatic carbocycles. The summed E-state index contributed by atoms with van der Waals surface area (Å²) >= 11 is 0. The highest BCUT2D eigenvalue weighted by Gasteiger charge is 2.63. The molecule has 1 saturated heterocycles. The Balaban J connectivity index is 1.85. The van der Waals surface area contributed by atoms with Crippen LogP contribution in [-0.4, -0.2) is 28.2 Å². The van der Waals surface area contributed by atoms with Crippen molar-refractivity contribution >= 4 is 0 Å². The first-order valence-corrected chi connectivity index (χ1v) is 12.3. The normalized spacial score (nSPS) is 19.3. The first kappa shape index (κ1) is 27.0. The van der Waals surface area contributed by atoms with Gasteiger partial charge in [0.1, 0.15) is 46.7 Å². The Hall–Kier alpha value is -3.56. The van der Waals surface area contributed by atoms with Crippen molar-refractivity contribution in [2.75, 3.05) is 0 Å². The molecule has 0 amide bonds. The maximum atomic E-state index is 15.4. The van der Waals surface area contributed by atoms with Gasteiger partial charge in [0.05, 0.1) is 0 Å². The van der Waals surface area contributed by atoms with E-state index in [4.69, 9.17) is 9.47 Å². The molecule has 1 aliphatic heterocycles. The SMILES string of the molecule is CC1(C)O[C@@H](C(O)(c2ccccc2F)c2ccccc2F)[C@H](C(O)(c2ccccc2F)c2ccccc2F)O1. The van der Waals surface area contributed by atoms with Crippen LogP contribution < -0.4 is 0 Å². The third-order valence-electron chi connectivity index (χ3n) is 7.06. The molecule has 1 fully saturated rings. The third-order valence-corrected chi connectivity index (χ3v) is 7.06. The highest BCUT2D eigenvalue weighted by molar-refractivity contribution is 5.45. The van der Waals surface area contributed by atoms with Gasteiger partial charge >= 0.3 is 0 Å². The average molecular weight is 539 g/mol. The van der Waals surface area contributed by atoms with Crippen molar-refractivity contribution in [3.8, 4) is 0 Å². The van der Waals surface area contributed by atoms with Crippen LogP contribution in [0, 0.1) is 23.3 Å². The number of halogens is 4. The summed E-state index contributed by atoms with van der Waals surface area (Å²) in [5.74, 6) is -5.14. The quantitative estimate of drug-likeness (QED) is 0.299. The Morgan fingerprint density at radius 3 is 0.974 bits per heavy atom. The van der Waals surface area contributed by atoms with E-state index in [9.17, 15) is 10.2 Å². The molecule has 202 valence electrons. The van der Waals surface area contributed by atoms with E-state index in [1.807, 2.05) is 0 Å². The Bertz CT molecular complexity index is 1300. The average Bonchev–Trinajstić information content (AvgIpc) is 3.25. The van der Waals surface area contributed by atoms with Gasteiger partial charge in [0.25, 0.3) is 0 Å². The molecule has 0 spiro atoms. The second kappa shape index (κ2) is 9.88. The van der Waals surface area contributed by atoms with Crippen molar-refractivity contribution in [3.05, 3.63) is 143 Å². The zero-order chi connectivity index (χ0) is 28.0. The van der Waals surface area contributed by atoms with Crippen molar-refractivity contribution in [3.63, 3.8) is 0 Å². The van der Waals surface area contributed by atoms with Gasteiger partial charge in [-0.2, -0.15) is 0 Å². The number of benzene rings is 4. The molecule has 2 N–H and O–H groups in total. The Labute approximate surface area is 223 Å². The molecular formula is C31H26F4O4. The fourth-order valence-electron chi connectivity index (χ4n) is 5.36. The van der Waals surface area contributed by atoms with E-state index < -0.39 is 52.5 Å². The summed E-state index contributed by atoms with van der Waals surface area (Å²) in [7, 11) is 0. The molecule has 0 radical (unpaired) electrons. The van der Waals surface area contributed by atoms with Gasteiger partial charge in [-0.15, -0.1) is 0 Å². The fraction of sp³-hybridized carbons (Fsp3) is 0.226. The van der Waals surface area contributed by atoms with Crippen LogP contribution in [0.1, 0.15) is 36.1 Å². The van der Waals surface area contributed by atoms with Crippen molar-refractivity contribution in [1.82, 2.24) is 0 Å². The van der Waals surface area contributed by atoms with E-state index in [1.54, 1.807) is 0 Å². The summed E-state index contributed by atoms with van der Waals surface area (Å²) in [6.45, 7) is 2.93. The van der Waals surface area contributed by atoms with Gasteiger partial charge in [0, 0.05) is 22.3 Å². The predicted molar refractivity (Wildman–Crippen MR) is 135 cm³/mol. The minimum atomic E-state index is -2.63. The van der Waals surface area contributed by atoms with E-state index in [-0.39, 0.29) is 22.3 Å². The van der Waals surface area contributed by atoms with E-state index in [0.717, 1.165) is 24.3 Å². The standard InChI is InChI=1S/C31H26F4O4/c1-29(2)38-27(30(36,19-11-3-7-15-23(19)32)20-12-4-8-16-24(20)33)28(39-29)31(37,21-13-5-9-17-25(21)34)22-14-6-10-18-26(22)35/h3-18,27-28,36-37H,1-2H3/t27-,28-/m1/s1. The first-order chi connectivity index (χ1) is 18.5. The molecule has 1 aliphatic rings. The molecule has 2 atom stereocenters. The van der Waals surface area contributed by atoms with Crippen LogP contribution >= 0.6 is 0 Å². The fourth-order valence-corrected chi connectivity index (χ4v) is 5.36. The van der Waals surface area contributed by atoms with Crippen LogP contribution in [0.4, 0.5) is 17.6 Å². The molecule has 0 saturated carbocycles. The number of hydrogen-bond donors (Lipinski definition) is 2. The summed E-state index contributed by atoms with van der Waals surface area (Å²) in [5.41, 5.74) is -6.77. The van der Waals surface area contributed by atoms with Crippen LogP contribution in [0.2, 0.25) is 0 Å². The molecule has 4 nitrogen and oxygen atoms in total. The van der Waals surface area contributed by atoms with E-state index >= 15 is 17.6 Å². The van der Waals surface area contributed by atoms with Gasteiger partial charge < -0.3 is 19.7 Å². The Kier molecular flexibility index (Phi) is 6.84. The molecule has 8 heteroatoms. The third kappa shape index (κ3) is 4.43. The molecule has 0 bridgehead atoms. The van der Waals surface area contributed by atoms with Gasteiger partial charge in [0.2, 0.25) is 0 Å². The lowest BCUT2D eigenvalue weighted by molar-refractivity contribution is -0.173. The van der Waals surface area contributed by atoms with Gasteiger partial charge in [-0.05, 0) is 38.1 Å². The van der Waals surface area contributed by atoms with E-state index in [0.29, 0.717) is 0 Å². The summed E-state index contributed by atoms with van der Waals surface area (Å²) in [6, 6.07) is 20.7. The van der Waals surface area contributed by atoms with Crippen molar-refractivity contribution in [2.45, 2.75) is 43.0 Å². The number of hydrogen-bond acceptors (Lipinski definition) is 4. The first-order valence-electron chi connectivity index (χ1n) is 12.3. The largest absolute Gasteiger partial charge is 0.377 e. The molecule has 0 aromatic heterocycles. The van der Waals surface area contributed by atoms with Crippen LogP contribution in [0.15, 0.2) is 97.1 Å². The van der Waals surface area contributed by atoms with Gasteiger partial charge in [-0.1, -0.05) is 72.8 Å². The number of rotatable bonds is 6. The van der Waals surface area contributed by atoms with Crippen LogP contribution in [0.25, 0.3) is 0 Å². The molecule has 1 heterocycles. The monoisotopic (exact) mass is 538 g/mol. The van der Waals surface area contributed by atoms with Gasteiger partial charge in [-0.3, -0.25) is 0 Å². The van der Waals surface area contributed by atoms with Gasteiger partial charge in [0.15, 0.2) is 5.79 Å². The lowest BCUT2D eigenvalue weighted by Gasteiger charge is -2.42. The topological polar surface area (TPSA) is 58.9 Å². The van der Waals surface area contributed by atoms with E-state index in [1.165, 1.54) is 86.6 Å². The lowest BCUT2D eigenvalue weighted by Crippen LogP contribution is -2.56. The summed E-state index contributed by atoms with van der Waals surface area (Å²) in [6.07, 6.45) is -3.55. The second-order valence-electron chi connectivity index (χ2n) is 9.93. The van der Waals surface area contributed by atoms with Crippen LogP contribution in [0.3, 0.4) is 0 Å². The Morgan fingerprint density at radius 2 is 0.744 bits per heavy atom. The smallest absolute Gasteiger partial charge is 0.164 e. The maximum Gasteiger partial charge on any atom is 0.164 e. The highest BCUT2D eigenvalue weighted by Crippen LogP contribution is 2.51. The second-order valence-corrected chi connectivity index (χ2v) is 9.93. The summed E-state index contributed by atoms with van der Waals surface area (Å²) in [4.78, 5) is 0. The summed E-state index contributed by atoms with van der Waals surface area (Å²) < 4.78 is 73.7. The van der Waals surface area contributed by atoms with Gasteiger partial charge in [-0.25, -0.2) is 17.6 Å². The molecule has 4 aromatic carbocycles. The predicted octanol–water partition coefficient (Wildman–Crippen LogP) is 5.94. The minimum absolute atomic E-state index is 0.379. The zero-order valence-corrected chi connectivity index (χ0v) is 21.1. The van der Waals surface area contributed by atoms with Crippen molar-refractivity contribution in [1.29, 1.82) is 0 Å². The number of ether oxygens (including phenoxy) is 2. The molecule has 4 aromatic rings. The van der Waals surface area contributed by atoms with Crippen LogP contribution in [-0.2, 0) is 20.7 Å². The van der Waals surface area contributed by atoms with Crippen molar-refractivity contribution in [2.24, 2.45) is 0 Å². The van der Waals surface area contributed by atoms with Crippen LogP contribution in [0.5, 0.6) is 0 Å². The van der Waals surface area contributed by atoms with E-state index in [2.05, 4.69) is 0 Å². The molecule has 0 unspecified atom stereocenters. The number of aliphatic hydroxyl groups is 2. The molecular weight excluding hydrogens is 512 g/mol. The Morgan fingerprint density at radius 1 is 0.513 bits per heavy atom. The summed E-state index contributed by atoms with van der Waals surface area (Å²) in [5, 5.41) is 24.9. The van der Waals surface area contributed by atoms with Crippen molar-refractivity contribution < 1.29 is 37.2 Å².